The van der Waals surface area contributed by atoms with E-state index < -0.39 is 0 Å². The molecule has 116 valence electrons. The molecule has 1 heterocycles. The molecule has 0 atom stereocenters. The lowest BCUT2D eigenvalue weighted by Crippen LogP contribution is -3.00. The van der Waals surface area contributed by atoms with Gasteiger partial charge in [0.1, 0.15) is 13.2 Å². The van der Waals surface area contributed by atoms with Crippen molar-refractivity contribution >= 4 is 40.2 Å². The maximum absolute atomic E-state index is 10.9. The van der Waals surface area contributed by atoms with E-state index in [-0.39, 0.29) is 29.9 Å². The van der Waals surface area contributed by atoms with E-state index in [1.54, 1.807) is 0 Å². The van der Waals surface area contributed by atoms with E-state index in [0.29, 0.717) is 23.2 Å². The fourth-order valence-electron chi connectivity index (χ4n) is 2.41. The monoisotopic (exact) mass is 442 g/mol. The highest BCUT2D eigenvalue weighted by atomic mass is 127. The third kappa shape index (κ3) is 3.81. The molecule has 0 unspecified atom stereocenters. The second-order valence-corrected chi connectivity index (χ2v) is 5.35. The molecule has 0 bridgehead atoms. The fourth-order valence-corrected chi connectivity index (χ4v) is 2.73. The predicted octanol–water partition coefficient (Wildman–Crippen LogP) is 0.131. The number of carbonyl (C=O) groups is 1. The Bertz CT molecular complexity index is 671. The van der Waals surface area contributed by atoms with Crippen molar-refractivity contribution in [2.24, 2.45) is 0 Å². The van der Waals surface area contributed by atoms with Gasteiger partial charge in [-0.15, -0.1) is 0 Å². The molecule has 0 spiro atoms. The summed E-state index contributed by atoms with van der Waals surface area (Å²) >= 11 is 12.2. The van der Waals surface area contributed by atoms with Crippen molar-refractivity contribution in [3.63, 3.8) is 0 Å². The molecular weight excluding hydrogens is 426 g/mol. The maximum atomic E-state index is 10.9. The lowest BCUT2D eigenvalue weighted by atomic mass is 10.3. The minimum atomic E-state index is -0.274. The van der Waals surface area contributed by atoms with Crippen molar-refractivity contribution in [2.45, 2.75) is 33.9 Å². The maximum Gasteiger partial charge on any atom is 0.302 e. The van der Waals surface area contributed by atoms with Crippen LogP contribution in [-0.2, 0) is 22.6 Å². The van der Waals surface area contributed by atoms with Gasteiger partial charge in [-0.05, 0) is 6.92 Å². The molecule has 0 radical (unpaired) electrons. The third-order valence-corrected chi connectivity index (χ3v) is 4.04. The standard InChI is InChI=1S/C14H17Cl2N2O2.HI/c1-4-17-9(2)18(5-6-20-10(3)19)14-8-12(16)11(15)7-13(14)17;/h7-8H,4-6H2,1-3H3;1H/q+1;/p-1. The number of aryl methyl sites for hydroxylation is 1. The minimum Gasteiger partial charge on any atom is -1.00 e. The average Bonchev–Trinajstić information content (AvgIpc) is 2.62. The van der Waals surface area contributed by atoms with Gasteiger partial charge in [-0.2, -0.15) is 0 Å². The molecule has 0 saturated heterocycles. The molecule has 1 aromatic carbocycles. The van der Waals surface area contributed by atoms with Crippen LogP contribution in [-0.4, -0.2) is 17.1 Å². The van der Waals surface area contributed by atoms with Crippen LogP contribution in [0.1, 0.15) is 19.7 Å². The van der Waals surface area contributed by atoms with Crippen LogP contribution in [0.3, 0.4) is 0 Å². The SMILES string of the molecule is CCn1c(C)[n+](CCOC(C)=O)c2cc(Cl)c(Cl)cc21.[I-]. The van der Waals surface area contributed by atoms with Gasteiger partial charge in [0, 0.05) is 26.0 Å². The number of carbonyl (C=O) groups excluding carboxylic acids is 1. The van der Waals surface area contributed by atoms with E-state index in [1.807, 2.05) is 19.1 Å². The zero-order chi connectivity index (χ0) is 14.9. The Balaban J connectivity index is 0.00000220. The van der Waals surface area contributed by atoms with Crippen molar-refractivity contribution in [1.29, 1.82) is 0 Å². The van der Waals surface area contributed by atoms with Gasteiger partial charge in [-0.1, -0.05) is 23.2 Å². The Morgan fingerprint density at radius 2 is 1.95 bits per heavy atom. The Kier molecular flexibility index (Phi) is 6.74. The molecular formula is C14H17Cl2IN2O2. The summed E-state index contributed by atoms with van der Waals surface area (Å²) in [6.45, 7) is 7.27. The number of aromatic nitrogens is 2. The molecule has 0 aliphatic rings. The number of nitrogens with zero attached hydrogens (tertiary/aromatic N) is 2. The third-order valence-electron chi connectivity index (χ3n) is 3.32. The van der Waals surface area contributed by atoms with Crippen LogP contribution >= 0.6 is 23.2 Å². The molecule has 0 N–H and O–H groups in total. The topological polar surface area (TPSA) is 35.1 Å². The van der Waals surface area contributed by atoms with Crippen LogP contribution in [0.2, 0.25) is 10.0 Å². The molecule has 2 rings (SSSR count). The van der Waals surface area contributed by atoms with Crippen LogP contribution in [0.15, 0.2) is 12.1 Å². The van der Waals surface area contributed by atoms with Gasteiger partial charge >= 0.3 is 5.97 Å². The number of rotatable bonds is 4. The second-order valence-electron chi connectivity index (χ2n) is 4.54. The summed E-state index contributed by atoms with van der Waals surface area (Å²) in [7, 11) is 0. The van der Waals surface area contributed by atoms with Gasteiger partial charge in [-0.25, -0.2) is 9.13 Å². The molecule has 4 nitrogen and oxygen atoms in total. The minimum absolute atomic E-state index is 0. The Morgan fingerprint density at radius 3 is 2.52 bits per heavy atom. The van der Waals surface area contributed by atoms with E-state index in [4.69, 9.17) is 27.9 Å². The summed E-state index contributed by atoms with van der Waals surface area (Å²) in [6.07, 6.45) is 0. The van der Waals surface area contributed by atoms with Crippen molar-refractivity contribution in [3.05, 3.63) is 28.0 Å². The largest absolute Gasteiger partial charge is 1.00 e. The number of imidazole rings is 1. The summed E-state index contributed by atoms with van der Waals surface area (Å²) < 4.78 is 9.26. The van der Waals surface area contributed by atoms with E-state index >= 15 is 0 Å². The summed E-state index contributed by atoms with van der Waals surface area (Å²) in [5, 5.41) is 1.06. The average molecular weight is 443 g/mol. The van der Waals surface area contributed by atoms with E-state index in [0.717, 1.165) is 23.4 Å². The number of halogens is 3. The summed E-state index contributed by atoms with van der Waals surface area (Å²) in [5.41, 5.74) is 2.02. The van der Waals surface area contributed by atoms with Gasteiger partial charge in [0.15, 0.2) is 11.0 Å². The first kappa shape index (κ1) is 18.5. The number of benzene rings is 1. The van der Waals surface area contributed by atoms with Gasteiger partial charge in [0.25, 0.3) is 5.82 Å². The van der Waals surface area contributed by atoms with Crippen LogP contribution in [0, 0.1) is 6.92 Å². The van der Waals surface area contributed by atoms with Crippen LogP contribution in [0.5, 0.6) is 0 Å². The highest BCUT2D eigenvalue weighted by molar-refractivity contribution is 6.42. The number of esters is 1. The van der Waals surface area contributed by atoms with Crippen molar-refractivity contribution in [2.75, 3.05) is 6.61 Å². The summed E-state index contributed by atoms with van der Waals surface area (Å²) in [4.78, 5) is 10.9. The van der Waals surface area contributed by atoms with Crippen molar-refractivity contribution < 1.29 is 38.1 Å². The summed E-state index contributed by atoms with van der Waals surface area (Å²) in [6, 6.07) is 3.73. The predicted molar refractivity (Wildman–Crippen MR) is 79.2 cm³/mol. The van der Waals surface area contributed by atoms with Gasteiger partial charge in [0.05, 0.1) is 16.6 Å². The Hall–Kier alpha value is -0.530. The Labute approximate surface area is 151 Å². The number of ether oxygens (including phenoxy) is 1. The molecule has 0 amide bonds. The van der Waals surface area contributed by atoms with E-state index in [9.17, 15) is 4.79 Å². The number of hydrogen-bond donors (Lipinski definition) is 0. The lowest BCUT2D eigenvalue weighted by Gasteiger charge is -2.02. The molecule has 2 aromatic rings. The molecule has 21 heavy (non-hydrogen) atoms. The molecule has 0 aliphatic carbocycles. The highest BCUT2D eigenvalue weighted by Gasteiger charge is 2.22. The number of fused-ring (bicyclic) bond motifs is 1. The molecule has 0 saturated carbocycles. The first-order chi connectivity index (χ1) is 9.45. The van der Waals surface area contributed by atoms with Gasteiger partial charge < -0.3 is 28.7 Å². The normalized spacial score (nSPS) is 10.5. The lowest BCUT2D eigenvalue weighted by molar-refractivity contribution is -0.679. The molecule has 0 fully saturated rings. The summed E-state index contributed by atoms with van der Waals surface area (Å²) in [5.74, 6) is 0.802. The van der Waals surface area contributed by atoms with Gasteiger partial charge in [-0.3, -0.25) is 4.79 Å². The van der Waals surface area contributed by atoms with Crippen LogP contribution in [0.25, 0.3) is 11.0 Å². The molecule has 1 aromatic heterocycles. The quantitative estimate of drug-likeness (QED) is 0.383. The van der Waals surface area contributed by atoms with Gasteiger partial charge in [0.2, 0.25) is 0 Å². The first-order valence-electron chi connectivity index (χ1n) is 6.46. The highest BCUT2D eigenvalue weighted by Crippen LogP contribution is 2.27. The number of hydrogen-bond acceptors (Lipinski definition) is 2. The van der Waals surface area contributed by atoms with E-state index in [1.165, 1.54) is 6.92 Å². The zero-order valence-corrected chi connectivity index (χ0v) is 15.8. The molecule has 0 aliphatic heterocycles. The van der Waals surface area contributed by atoms with E-state index in [2.05, 4.69) is 16.1 Å². The second kappa shape index (κ2) is 7.65. The van der Waals surface area contributed by atoms with Crippen molar-refractivity contribution in [3.8, 4) is 0 Å². The zero-order valence-electron chi connectivity index (χ0n) is 12.1. The van der Waals surface area contributed by atoms with Crippen molar-refractivity contribution in [1.82, 2.24) is 4.57 Å². The first-order valence-corrected chi connectivity index (χ1v) is 7.22. The molecule has 7 heteroatoms. The Morgan fingerprint density at radius 1 is 1.33 bits per heavy atom. The smallest absolute Gasteiger partial charge is 0.302 e. The van der Waals surface area contributed by atoms with Crippen LogP contribution in [0.4, 0.5) is 0 Å². The van der Waals surface area contributed by atoms with Crippen LogP contribution < -0.4 is 28.5 Å². The fraction of sp³-hybridized carbons (Fsp3) is 0.429.